The zero-order valence-electron chi connectivity index (χ0n) is 8.48. The standard InChI is InChI=1S/C10H9N3OS2/c1-14-7-4-2-6(3-5-7)8-11-9(15)13-10(16)12-8/h2-5H,1H3,(H2,11,12,13,15,16). The number of aromatic amines is 2. The van der Waals surface area contributed by atoms with Crippen LogP contribution in [0.1, 0.15) is 0 Å². The van der Waals surface area contributed by atoms with Crippen molar-refractivity contribution in [3.05, 3.63) is 33.8 Å². The van der Waals surface area contributed by atoms with Gasteiger partial charge in [-0.1, -0.05) is 0 Å². The smallest absolute Gasteiger partial charge is 0.200 e. The zero-order valence-corrected chi connectivity index (χ0v) is 10.1. The molecule has 0 atom stereocenters. The van der Waals surface area contributed by atoms with Crippen LogP contribution in [0.5, 0.6) is 5.75 Å². The van der Waals surface area contributed by atoms with Crippen molar-refractivity contribution in [2.75, 3.05) is 7.11 Å². The third-order valence-electron chi connectivity index (χ3n) is 2.03. The molecule has 2 rings (SSSR count). The third-order valence-corrected chi connectivity index (χ3v) is 2.43. The summed E-state index contributed by atoms with van der Waals surface area (Å²) < 4.78 is 5.91. The van der Waals surface area contributed by atoms with Gasteiger partial charge in [0.1, 0.15) is 11.6 Å². The highest BCUT2D eigenvalue weighted by Crippen LogP contribution is 2.18. The van der Waals surface area contributed by atoms with Gasteiger partial charge in [0.25, 0.3) is 0 Å². The van der Waals surface area contributed by atoms with Gasteiger partial charge in [-0.2, -0.15) is 0 Å². The molecule has 0 unspecified atom stereocenters. The van der Waals surface area contributed by atoms with E-state index in [9.17, 15) is 0 Å². The molecule has 0 aliphatic rings. The molecule has 16 heavy (non-hydrogen) atoms. The number of H-pyrrole nitrogens is 2. The Labute approximate surface area is 102 Å². The molecule has 1 heterocycles. The van der Waals surface area contributed by atoms with E-state index in [2.05, 4.69) is 15.0 Å². The highest BCUT2D eigenvalue weighted by Gasteiger charge is 2.00. The van der Waals surface area contributed by atoms with Crippen molar-refractivity contribution in [3.8, 4) is 17.1 Å². The van der Waals surface area contributed by atoms with E-state index >= 15 is 0 Å². The van der Waals surface area contributed by atoms with Gasteiger partial charge in [0.05, 0.1) is 7.11 Å². The number of aromatic nitrogens is 3. The molecule has 0 aliphatic heterocycles. The molecule has 82 valence electrons. The van der Waals surface area contributed by atoms with Crippen molar-refractivity contribution in [2.24, 2.45) is 0 Å². The number of nitrogens with zero attached hydrogens (tertiary/aromatic N) is 1. The second-order valence-electron chi connectivity index (χ2n) is 3.07. The summed E-state index contributed by atoms with van der Waals surface area (Å²) >= 11 is 9.95. The van der Waals surface area contributed by atoms with E-state index in [-0.39, 0.29) is 0 Å². The summed E-state index contributed by atoms with van der Waals surface area (Å²) in [4.78, 5) is 9.84. The Hall–Kier alpha value is -1.53. The molecule has 0 bridgehead atoms. The third kappa shape index (κ3) is 2.34. The normalized spacial score (nSPS) is 10.1. The Morgan fingerprint density at radius 2 is 1.81 bits per heavy atom. The van der Waals surface area contributed by atoms with E-state index in [4.69, 9.17) is 29.2 Å². The molecular formula is C10H9N3OS2. The minimum absolute atomic E-state index is 0.370. The van der Waals surface area contributed by atoms with Crippen molar-refractivity contribution in [2.45, 2.75) is 0 Å². The molecule has 2 aromatic rings. The fourth-order valence-electron chi connectivity index (χ4n) is 1.28. The molecule has 0 fully saturated rings. The van der Waals surface area contributed by atoms with E-state index in [1.54, 1.807) is 7.11 Å². The fraction of sp³-hybridized carbons (Fsp3) is 0.100. The van der Waals surface area contributed by atoms with Gasteiger partial charge in [0.15, 0.2) is 4.77 Å². The molecule has 0 amide bonds. The van der Waals surface area contributed by atoms with Gasteiger partial charge < -0.3 is 14.7 Å². The summed E-state index contributed by atoms with van der Waals surface area (Å²) in [7, 11) is 1.62. The number of nitrogens with one attached hydrogen (secondary N) is 2. The summed E-state index contributed by atoms with van der Waals surface area (Å²) in [6.07, 6.45) is 0. The molecule has 0 spiro atoms. The maximum Gasteiger partial charge on any atom is 0.200 e. The molecule has 1 aromatic heterocycles. The van der Waals surface area contributed by atoms with Gasteiger partial charge in [0, 0.05) is 5.56 Å². The van der Waals surface area contributed by atoms with Crippen LogP contribution < -0.4 is 4.74 Å². The van der Waals surface area contributed by atoms with Crippen molar-refractivity contribution in [3.63, 3.8) is 0 Å². The first kappa shape index (κ1) is 11.0. The van der Waals surface area contributed by atoms with Gasteiger partial charge in [-0.15, -0.1) is 0 Å². The highest BCUT2D eigenvalue weighted by molar-refractivity contribution is 7.71. The van der Waals surface area contributed by atoms with Crippen LogP contribution in [0.25, 0.3) is 11.4 Å². The Morgan fingerprint density at radius 1 is 1.12 bits per heavy atom. The fourth-order valence-corrected chi connectivity index (χ4v) is 1.73. The second-order valence-corrected chi connectivity index (χ2v) is 3.87. The first-order chi connectivity index (χ1) is 7.69. The van der Waals surface area contributed by atoms with E-state index in [0.29, 0.717) is 15.4 Å². The van der Waals surface area contributed by atoms with Crippen molar-refractivity contribution < 1.29 is 4.74 Å². The van der Waals surface area contributed by atoms with Crippen LogP contribution in [-0.2, 0) is 0 Å². The first-order valence-corrected chi connectivity index (χ1v) is 5.36. The number of ether oxygens (including phenoxy) is 1. The first-order valence-electron chi connectivity index (χ1n) is 4.54. The lowest BCUT2D eigenvalue weighted by Gasteiger charge is -2.02. The Balaban J connectivity index is 2.50. The average Bonchev–Trinajstić information content (AvgIpc) is 2.28. The summed E-state index contributed by atoms with van der Waals surface area (Å²) in [5, 5.41) is 0. The second kappa shape index (κ2) is 4.54. The molecule has 4 nitrogen and oxygen atoms in total. The number of methoxy groups -OCH3 is 1. The maximum atomic E-state index is 5.07. The van der Waals surface area contributed by atoms with Gasteiger partial charge in [-0.05, 0) is 48.7 Å². The van der Waals surface area contributed by atoms with Crippen LogP contribution in [0.2, 0.25) is 0 Å². The Bertz CT molecular complexity index is 572. The van der Waals surface area contributed by atoms with Gasteiger partial charge in [-0.25, -0.2) is 4.98 Å². The van der Waals surface area contributed by atoms with Crippen molar-refractivity contribution in [1.82, 2.24) is 15.0 Å². The topological polar surface area (TPSA) is 53.7 Å². The van der Waals surface area contributed by atoms with Crippen LogP contribution in [0.4, 0.5) is 0 Å². The van der Waals surface area contributed by atoms with E-state index < -0.39 is 0 Å². The molecule has 2 N–H and O–H groups in total. The summed E-state index contributed by atoms with van der Waals surface area (Å²) in [6.45, 7) is 0. The predicted molar refractivity (Wildman–Crippen MR) is 66.6 cm³/mol. The van der Waals surface area contributed by atoms with Gasteiger partial charge in [-0.3, -0.25) is 0 Å². The quantitative estimate of drug-likeness (QED) is 0.806. The SMILES string of the molecule is COc1ccc(-c2nc(=S)[nH]c(=S)[nH]2)cc1. The molecule has 0 saturated heterocycles. The average molecular weight is 251 g/mol. The summed E-state index contributed by atoms with van der Waals surface area (Å²) in [6, 6.07) is 7.49. The van der Waals surface area contributed by atoms with Gasteiger partial charge >= 0.3 is 0 Å². The van der Waals surface area contributed by atoms with E-state index in [1.807, 2.05) is 24.3 Å². The lowest BCUT2D eigenvalue weighted by molar-refractivity contribution is 0.415. The van der Waals surface area contributed by atoms with Gasteiger partial charge in [0.2, 0.25) is 4.77 Å². The largest absolute Gasteiger partial charge is 0.497 e. The number of hydrogen-bond donors (Lipinski definition) is 2. The molecular weight excluding hydrogens is 242 g/mol. The lowest BCUT2D eigenvalue weighted by Crippen LogP contribution is -1.93. The Morgan fingerprint density at radius 3 is 2.38 bits per heavy atom. The molecule has 0 radical (unpaired) electrons. The highest BCUT2D eigenvalue weighted by atomic mass is 32.1. The van der Waals surface area contributed by atoms with Crippen molar-refractivity contribution >= 4 is 24.4 Å². The van der Waals surface area contributed by atoms with Crippen LogP contribution >= 0.6 is 24.4 Å². The number of hydrogen-bond acceptors (Lipinski definition) is 4. The van der Waals surface area contributed by atoms with E-state index in [0.717, 1.165) is 11.3 Å². The zero-order chi connectivity index (χ0) is 11.5. The summed E-state index contributed by atoms with van der Waals surface area (Å²) in [5.74, 6) is 1.44. The van der Waals surface area contributed by atoms with Crippen LogP contribution in [-0.4, -0.2) is 22.1 Å². The van der Waals surface area contributed by atoms with Crippen LogP contribution in [0.3, 0.4) is 0 Å². The van der Waals surface area contributed by atoms with E-state index in [1.165, 1.54) is 0 Å². The molecule has 0 aliphatic carbocycles. The molecule has 1 aromatic carbocycles. The predicted octanol–water partition coefficient (Wildman–Crippen LogP) is 2.87. The van der Waals surface area contributed by atoms with Crippen molar-refractivity contribution in [1.29, 1.82) is 0 Å². The summed E-state index contributed by atoms with van der Waals surface area (Å²) in [5.41, 5.74) is 0.909. The maximum absolute atomic E-state index is 5.07. The molecule has 6 heteroatoms. The lowest BCUT2D eigenvalue weighted by atomic mass is 10.2. The monoisotopic (exact) mass is 251 g/mol. The Kier molecular flexibility index (Phi) is 3.12. The van der Waals surface area contributed by atoms with Crippen LogP contribution in [0.15, 0.2) is 24.3 Å². The minimum atomic E-state index is 0.370. The minimum Gasteiger partial charge on any atom is -0.497 e. The number of rotatable bonds is 2. The number of benzene rings is 1. The van der Waals surface area contributed by atoms with Crippen LogP contribution in [0, 0.1) is 9.54 Å². The molecule has 0 saturated carbocycles.